The first kappa shape index (κ1) is 20.2. The molecular formula is C22H23FN2O2S. The fraction of sp³-hybridized carbons (Fsp3) is 0.182. The van der Waals surface area contributed by atoms with E-state index in [-0.39, 0.29) is 5.82 Å². The van der Waals surface area contributed by atoms with Crippen molar-refractivity contribution in [2.24, 2.45) is 0 Å². The number of hydrogen-bond donors (Lipinski definition) is 2. The van der Waals surface area contributed by atoms with Crippen molar-refractivity contribution in [3.63, 3.8) is 0 Å². The molecule has 0 aromatic heterocycles. The molecule has 0 aliphatic carbocycles. The lowest BCUT2D eigenvalue weighted by Crippen LogP contribution is -2.24. The molecule has 1 unspecified atom stereocenters. The largest absolute Gasteiger partial charge is 0.363 e. The molecule has 0 aliphatic rings. The maximum atomic E-state index is 13.3. The van der Waals surface area contributed by atoms with E-state index in [1.807, 2.05) is 43.3 Å². The van der Waals surface area contributed by atoms with E-state index < -0.39 is 11.3 Å². The van der Waals surface area contributed by atoms with E-state index in [1.165, 1.54) is 17.7 Å². The van der Waals surface area contributed by atoms with Crippen LogP contribution >= 0.6 is 0 Å². The number of nitrogens with zero attached hydrogens (tertiary/aromatic N) is 1. The van der Waals surface area contributed by atoms with Gasteiger partial charge in [0, 0.05) is 25.3 Å². The molecule has 2 N–H and O–H groups in total. The molecule has 28 heavy (non-hydrogen) atoms. The molecule has 0 fully saturated rings. The van der Waals surface area contributed by atoms with Crippen molar-refractivity contribution < 1.29 is 13.2 Å². The van der Waals surface area contributed by atoms with Crippen LogP contribution in [0.4, 0.5) is 10.1 Å². The highest BCUT2D eigenvalue weighted by atomic mass is 32.2. The Morgan fingerprint density at radius 1 is 0.929 bits per heavy atom. The molecule has 0 radical (unpaired) electrons. The van der Waals surface area contributed by atoms with E-state index in [0.717, 1.165) is 22.4 Å². The maximum Gasteiger partial charge on any atom is 0.232 e. The van der Waals surface area contributed by atoms with Crippen LogP contribution in [0.25, 0.3) is 0 Å². The number of anilines is 1. The van der Waals surface area contributed by atoms with Gasteiger partial charge < -0.3 is 4.90 Å². The zero-order valence-corrected chi connectivity index (χ0v) is 16.5. The van der Waals surface area contributed by atoms with Crippen molar-refractivity contribution in [3.8, 4) is 0 Å². The first-order valence-corrected chi connectivity index (χ1v) is 10.1. The lowest BCUT2D eigenvalue weighted by Gasteiger charge is -2.28. The first-order valence-electron chi connectivity index (χ1n) is 8.99. The van der Waals surface area contributed by atoms with Crippen LogP contribution in [0.2, 0.25) is 0 Å². The number of benzene rings is 3. The Bertz CT molecular complexity index is 933. The molecule has 1 atom stereocenters. The summed E-state index contributed by atoms with van der Waals surface area (Å²) in [4.78, 5) is 2.23. The van der Waals surface area contributed by atoms with Crippen LogP contribution in [0.15, 0.2) is 72.8 Å². The molecule has 6 heteroatoms. The van der Waals surface area contributed by atoms with Gasteiger partial charge in [-0.25, -0.2) is 13.3 Å². The molecular weight excluding hydrogens is 375 g/mol. The van der Waals surface area contributed by atoms with E-state index in [4.69, 9.17) is 4.55 Å². The molecule has 0 amide bonds. The topological polar surface area (TPSA) is 52.6 Å². The third-order valence-corrected chi connectivity index (χ3v) is 5.04. The van der Waals surface area contributed by atoms with E-state index in [2.05, 4.69) is 21.8 Å². The molecule has 0 saturated heterocycles. The van der Waals surface area contributed by atoms with Crippen molar-refractivity contribution in [2.45, 2.75) is 26.6 Å². The summed E-state index contributed by atoms with van der Waals surface area (Å²) in [5, 5.41) is 0. The lowest BCUT2D eigenvalue weighted by atomic mass is 10.0. The molecule has 0 bridgehead atoms. The summed E-state index contributed by atoms with van der Waals surface area (Å²) in [5.41, 5.74) is 5.22. The Labute approximate surface area is 167 Å². The average Bonchev–Trinajstić information content (AvgIpc) is 2.69. The molecule has 0 aliphatic heterocycles. The minimum Gasteiger partial charge on any atom is -0.363 e. The molecule has 146 valence electrons. The van der Waals surface area contributed by atoms with Gasteiger partial charge in [-0.2, -0.15) is 0 Å². The standard InChI is InChI=1S/C22H23FN2O2S/c1-17-20(14-24-28(26)27)8-5-9-22(17)25(15-18-6-3-2-4-7-18)16-19-10-12-21(23)13-11-19/h2-13,24H,14-16H2,1H3,(H,26,27). The van der Waals surface area contributed by atoms with Crippen LogP contribution in [0, 0.1) is 12.7 Å². The fourth-order valence-corrected chi connectivity index (χ4v) is 3.46. The summed E-state index contributed by atoms with van der Waals surface area (Å²) in [7, 11) is 0. The number of rotatable bonds is 8. The van der Waals surface area contributed by atoms with Crippen LogP contribution in [-0.2, 0) is 30.9 Å². The van der Waals surface area contributed by atoms with Gasteiger partial charge in [0.1, 0.15) is 5.82 Å². The van der Waals surface area contributed by atoms with Gasteiger partial charge >= 0.3 is 0 Å². The molecule has 0 spiro atoms. The maximum absolute atomic E-state index is 13.3. The van der Waals surface area contributed by atoms with E-state index in [0.29, 0.717) is 19.6 Å². The monoisotopic (exact) mass is 398 g/mol. The zero-order chi connectivity index (χ0) is 19.9. The van der Waals surface area contributed by atoms with Gasteiger partial charge in [0.15, 0.2) is 0 Å². The highest BCUT2D eigenvalue weighted by Gasteiger charge is 2.14. The van der Waals surface area contributed by atoms with E-state index in [1.54, 1.807) is 12.1 Å². The minimum absolute atomic E-state index is 0.250. The quantitative estimate of drug-likeness (QED) is 0.547. The van der Waals surface area contributed by atoms with E-state index >= 15 is 0 Å². The SMILES string of the molecule is Cc1c(CNS(=O)O)cccc1N(Cc1ccccc1)Cc1ccc(F)cc1. The Kier molecular flexibility index (Phi) is 6.92. The van der Waals surface area contributed by atoms with E-state index in [9.17, 15) is 8.60 Å². The minimum atomic E-state index is -2.06. The molecule has 3 aromatic rings. The van der Waals surface area contributed by atoms with Crippen molar-refractivity contribution in [1.82, 2.24) is 4.72 Å². The summed E-state index contributed by atoms with van der Waals surface area (Å²) in [5.74, 6) is -0.250. The number of nitrogens with one attached hydrogen (secondary N) is 1. The normalized spacial score (nSPS) is 12.0. The Morgan fingerprint density at radius 2 is 1.57 bits per heavy atom. The number of halogens is 1. The second kappa shape index (κ2) is 9.59. The van der Waals surface area contributed by atoms with Gasteiger partial charge in [-0.05, 0) is 47.4 Å². The van der Waals surface area contributed by atoms with Crippen molar-refractivity contribution in [3.05, 3.63) is 101 Å². The van der Waals surface area contributed by atoms with Crippen LogP contribution < -0.4 is 9.62 Å². The van der Waals surface area contributed by atoms with Crippen LogP contribution in [0.3, 0.4) is 0 Å². The Morgan fingerprint density at radius 3 is 2.21 bits per heavy atom. The third-order valence-electron chi connectivity index (χ3n) is 4.65. The molecule has 3 rings (SSSR count). The third kappa shape index (κ3) is 5.48. The summed E-state index contributed by atoms with van der Waals surface area (Å²) in [6.45, 7) is 3.63. The second-order valence-electron chi connectivity index (χ2n) is 6.60. The van der Waals surface area contributed by atoms with Crippen molar-refractivity contribution in [2.75, 3.05) is 4.90 Å². The van der Waals surface area contributed by atoms with Crippen molar-refractivity contribution >= 4 is 17.0 Å². The second-order valence-corrected chi connectivity index (χ2v) is 7.39. The van der Waals surface area contributed by atoms with Gasteiger partial charge in [0.05, 0.1) is 0 Å². The lowest BCUT2D eigenvalue weighted by molar-refractivity contribution is 0.548. The molecule has 4 nitrogen and oxygen atoms in total. The molecule has 0 heterocycles. The van der Waals surface area contributed by atoms with Gasteiger partial charge in [0.2, 0.25) is 11.3 Å². The molecule has 3 aromatic carbocycles. The Hall–Kier alpha value is -2.54. The van der Waals surface area contributed by atoms with Gasteiger partial charge in [-0.3, -0.25) is 4.55 Å². The van der Waals surface area contributed by atoms with Crippen LogP contribution in [0.5, 0.6) is 0 Å². The average molecular weight is 399 g/mol. The smallest absolute Gasteiger partial charge is 0.232 e. The van der Waals surface area contributed by atoms with Crippen LogP contribution in [0.1, 0.15) is 22.3 Å². The van der Waals surface area contributed by atoms with Gasteiger partial charge in [0.25, 0.3) is 0 Å². The summed E-state index contributed by atoms with van der Waals surface area (Å²) >= 11 is -2.06. The highest BCUT2D eigenvalue weighted by molar-refractivity contribution is 7.77. The van der Waals surface area contributed by atoms with Gasteiger partial charge in [-0.15, -0.1) is 0 Å². The summed E-state index contributed by atoms with van der Waals surface area (Å²) < 4.78 is 35.8. The summed E-state index contributed by atoms with van der Waals surface area (Å²) in [6, 6.07) is 22.6. The number of hydrogen-bond acceptors (Lipinski definition) is 2. The highest BCUT2D eigenvalue weighted by Crippen LogP contribution is 2.27. The predicted octanol–water partition coefficient (Wildman–Crippen LogP) is 4.57. The Balaban J connectivity index is 1.92. The predicted molar refractivity (Wildman–Crippen MR) is 112 cm³/mol. The van der Waals surface area contributed by atoms with Gasteiger partial charge in [-0.1, -0.05) is 54.6 Å². The zero-order valence-electron chi connectivity index (χ0n) is 15.6. The van der Waals surface area contributed by atoms with Crippen molar-refractivity contribution in [1.29, 1.82) is 0 Å². The summed E-state index contributed by atoms with van der Waals surface area (Å²) in [6.07, 6.45) is 0. The fourth-order valence-electron chi connectivity index (χ4n) is 3.18. The van der Waals surface area contributed by atoms with Crippen LogP contribution in [-0.4, -0.2) is 8.76 Å². The first-order chi connectivity index (χ1) is 13.5. The molecule has 0 saturated carbocycles.